The summed E-state index contributed by atoms with van der Waals surface area (Å²) in [7, 11) is 0. The van der Waals surface area contributed by atoms with Crippen molar-refractivity contribution in [3.63, 3.8) is 0 Å². The first kappa shape index (κ1) is 17.9. The van der Waals surface area contributed by atoms with Gasteiger partial charge in [-0.1, -0.05) is 30.3 Å². The molecule has 3 rings (SSSR count). The number of halogens is 1. The van der Waals surface area contributed by atoms with Gasteiger partial charge in [0, 0.05) is 17.8 Å². The van der Waals surface area contributed by atoms with E-state index in [2.05, 4.69) is 22.4 Å². The van der Waals surface area contributed by atoms with E-state index >= 15 is 0 Å². The number of hydrogen-bond donors (Lipinski definition) is 2. The lowest BCUT2D eigenvalue weighted by Crippen LogP contribution is -2.38. The molecule has 124 valence electrons. The fourth-order valence-electron chi connectivity index (χ4n) is 2.60. The highest BCUT2D eigenvalue weighted by molar-refractivity contribution is 7.09. The van der Waals surface area contributed by atoms with Gasteiger partial charge in [-0.05, 0) is 37.3 Å². The third-order valence-electron chi connectivity index (χ3n) is 3.95. The molecule has 0 radical (unpaired) electrons. The summed E-state index contributed by atoms with van der Waals surface area (Å²) in [6.45, 7) is 0.563. The summed E-state index contributed by atoms with van der Waals surface area (Å²) < 4.78 is 0. The van der Waals surface area contributed by atoms with Crippen molar-refractivity contribution in [2.75, 3.05) is 6.54 Å². The molecule has 1 aromatic carbocycles. The van der Waals surface area contributed by atoms with Crippen LogP contribution in [0.1, 0.15) is 33.9 Å². The maximum atomic E-state index is 12.4. The van der Waals surface area contributed by atoms with Gasteiger partial charge in [0.2, 0.25) is 0 Å². The van der Waals surface area contributed by atoms with Gasteiger partial charge in [0.05, 0.1) is 5.01 Å². The third kappa shape index (κ3) is 5.03. The predicted octanol–water partition coefficient (Wildman–Crippen LogP) is 2.82. The molecule has 1 atom stereocenters. The van der Waals surface area contributed by atoms with E-state index in [4.69, 9.17) is 5.73 Å². The minimum atomic E-state index is -0.0626. The minimum Gasteiger partial charge on any atom is -0.347 e. The van der Waals surface area contributed by atoms with Gasteiger partial charge in [0.1, 0.15) is 5.69 Å². The molecule has 0 spiro atoms. The minimum absolute atomic E-state index is 0. The van der Waals surface area contributed by atoms with Gasteiger partial charge in [-0.15, -0.1) is 23.7 Å². The summed E-state index contributed by atoms with van der Waals surface area (Å²) in [6, 6.07) is 10.5. The zero-order valence-corrected chi connectivity index (χ0v) is 14.5. The Morgan fingerprint density at radius 3 is 2.74 bits per heavy atom. The Morgan fingerprint density at radius 1 is 1.35 bits per heavy atom. The van der Waals surface area contributed by atoms with Crippen LogP contribution in [0.3, 0.4) is 0 Å². The number of thiazole rings is 1. The number of nitrogens with two attached hydrogens (primary N) is 1. The van der Waals surface area contributed by atoms with Crippen LogP contribution in [-0.2, 0) is 12.8 Å². The Kier molecular flexibility index (Phi) is 6.57. The van der Waals surface area contributed by atoms with Gasteiger partial charge in [-0.3, -0.25) is 4.79 Å². The average molecular weight is 352 g/mol. The van der Waals surface area contributed by atoms with Crippen molar-refractivity contribution in [3.8, 4) is 0 Å². The smallest absolute Gasteiger partial charge is 0.270 e. The predicted molar refractivity (Wildman–Crippen MR) is 96.2 cm³/mol. The van der Waals surface area contributed by atoms with E-state index in [1.165, 1.54) is 29.7 Å². The number of benzene rings is 1. The Labute approximate surface area is 146 Å². The van der Waals surface area contributed by atoms with Crippen LogP contribution in [0.5, 0.6) is 0 Å². The number of carbonyl (C=O) groups excluding carboxylic acids is 1. The molecule has 1 aliphatic rings. The summed E-state index contributed by atoms with van der Waals surface area (Å²) in [5, 5.41) is 5.93. The second kappa shape index (κ2) is 8.43. The van der Waals surface area contributed by atoms with Gasteiger partial charge in [0.15, 0.2) is 0 Å². The zero-order chi connectivity index (χ0) is 15.4. The lowest BCUT2D eigenvalue weighted by atomic mass is 10.0. The Hall–Kier alpha value is -1.43. The summed E-state index contributed by atoms with van der Waals surface area (Å²) in [5.41, 5.74) is 7.31. The number of carbonyl (C=O) groups is 1. The van der Waals surface area contributed by atoms with Crippen molar-refractivity contribution >= 4 is 29.7 Å². The van der Waals surface area contributed by atoms with Crippen LogP contribution in [-0.4, -0.2) is 23.5 Å². The third-order valence-corrected chi connectivity index (χ3v) is 4.86. The second-order valence-electron chi connectivity index (χ2n) is 5.77. The van der Waals surface area contributed by atoms with Crippen LogP contribution in [0.25, 0.3) is 0 Å². The van der Waals surface area contributed by atoms with Crippen LogP contribution in [0.4, 0.5) is 0 Å². The molecule has 0 aliphatic heterocycles. The highest BCUT2D eigenvalue weighted by Crippen LogP contribution is 2.34. The molecule has 23 heavy (non-hydrogen) atoms. The standard InChI is InChI=1S/C17H21N3OS.ClH/c18-9-8-16-19-15(11-22-16)17(21)20-14(13-6-7-13)10-12-4-2-1-3-5-12;/h1-5,11,13-14H,6-10,18H2,(H,20,21);1H. The fraction of sp³-hybridized carbons (Fsp3) is 0.412. The molecule has 4 nitrogen and oxygen atoms in total. The topological polar surface area (TPSA) is 68.0 Å². The van der Waals surface area contributed by atoms with Crippen molar-refractivity contribution < 1.29 is 4.79 Å². The number of amides is 1. The Morgan fingerprint density at radius 2 is 2.09 bits per heavy atom. The molecule has 1 fully saturated rings. The van der Waals surface area contributed by atoms with Gasteiger partial charge in [0.25, 0.3) is 5.91 Å². The van der Waals surface area contributed by atoms with E-state index < -0.39 is 0 Å². The Bertz CT molecular complexity index is 628. The molecule has 1 heterocycles. The molecule has 1 saturated carbocycles. The molecule has 1 amide bonds. The molecule has 1 aromatic heterocycles. The van der Waals surface area contributed by atoms with Crippen molar-refractivity contribution in [2.24, 2.45) is 11.7 Å². The van der Waals surface area contributed by atoms with Gasteiger partial charge < -0.3 is 11.1 Å². The molecule has 0 bridgehead atoms. The van der Waals surface area contributed by atoms with Crippen LogP contribution >= 0.6 is 23.7 Å². The van der Waals surface area contributed by atoms with E-state index in [-0.39, 0.29) is 24.4 Å². The first-order chi connectivity index (χ1) is 10.8. The molecule has 6 heteroatoms. The second-order valence-corrected chi connectivity index (χ2v) is 6.71. The molecule has 1 aliphatic carbocycles. The fourth-order valence-corrected chi connectivity index (χ4v) is 3.39. The highest BCUT2D eigenvalue weighted by atomic mass is 35.5. The number of nitrogens with one attached hydrogen (secondary N) is 1. The van der Waals surface area contributed by atoms with Crippen molar-refractivity contribution in [2.45, 2.75) is 31.7 Å². The van der Waals surface area contributed by atoms with Gasteiger partial charge in [-0.2, -0.15) is 0 Å². The molecular formula is C17H22ClN3OS. The summed E-state index contributed by atoms with van der Waals surface area (Å²) in [6.07, 6.45) is 4.02. The summed E-state index contributed by atoms with van der Waals surface area (Å²) in [4.78, 5) is 16.8. The quantitative estimate of drug-likeness (QED) is 0.806. The maximum Gasteiger partial charge on any atom is 0.270 e. The van der Waals surface area contributed by atoms with Crippen LogP contribution in [0, 0.1) is 5.92 Å². The van der Waals surface area contributed by atoms with E-state index in [0.29, 0.717) is 18.2 Å². The summed E-state index contributed by atoms with van der Waals surface area (Å²) in [5.74, 6) is 0.540. The maximum absolute atomic E-state index is 12.4. The summed E-state index contributed by atoms with van der Waals surface area (Å²) >= 11 is 1.51. The lowest BCUT2D eigenvalue weighted by Gasteiger charge is -2.17. The first-order valence-electron chi connectivity index (χ1n) is 7.75. The molecular weight excluding hydrogens is 330 g/mol. The average Bonchev–Trinajstić information content (AvgIpc) is 3.27. The van der Waals surface area contributed by atoms with Crippen molar-refractivity contribution in [1.29, 1.82) is 0 Å². The SMILES string of the molecule is Cl.NCCc1nc(C(=O)NC(Cc2ccccc2)C2CC2)cs1. The number of nitrogens with zero attached hydrogens (tertiary/aromatic N) is 1. The van der Waals surface area contributed by atoms with Crippen molar-refractivity contribution in [3.05, 3.63) is 52.0 Å². The molecule has 1 unspecified atom stereocenters. The monoisotopic (exact) mass is 351 g/mol. The normalized spacial score (nSPS) is 14.8. The lowest BCUT2D eigenvalue weighted by molar-refractivity contribution is 0.0927. The molecule has 0 saturated heterocycles. The largest absolute Gasteiger partial charge is 0.347 e. The number of hydrogen-bond acceptors (Lipinski definition) is 4. The van der Waals surface area contributed by atoms with E-state index in [9.17, 15) is 4.79 Å². The number of rotatable bonds is 7. The van der Waals surface area contributed by atoms with Gasteiger partial charge in [-0.25, -0.2) is 4.98 Å². The van der Waals surface area contributed by atoms with Crippen LogP contribution in [0.15, 0.2) is 35.7 Å². The highest BCUT2D eigenvalue weighted by Gasteiger charge is 2.32. The molecule has 3 N–H and O–H groups in total. The van der Waals surface area contributed by atoms with E-state index in [1.54, 1.807) is 0 Å². The Balaban J connectivity index is 0.00000192. The van der Waals surface area contributed by atoms with Crippen LogP contribution < -0.4 is 11.1 Å². The van der Waals surface area contributed by atoms with Crippen molar-refractivity contribution in [1.82, 2.24) is 10.3 Å². The van der Waals surface area contributed by atoms with E-state index in [0.717, 1.165) is 17.8 Å². The van der Waals surface area contributed by atoms with Crippen LogP contribution in [0.2, 0.25) is 0 Å². The molecule has 2 aromatic rings. The van der Waals surface area contributed by atoms with E-state index in [1.807, 2.05) is 23.6 Å². The van der Waals surface area contributed by atoms with Gasteiger partial charge >= 0.3 is 0 Å². The zero-order valence-electron chi connectivity index (χ0n) is 12.9. The number of aromatic nitrogens is 1. The first-order valence-corrected chi connectivity index (χ1v) is 8.63.